The van der Waals surface area contributed by atoms with Crippen LogP contribution < -0.4 is 5.73 Å². The molecule has 3 aromatic rings. The number of carbonyl (C=O) groups is 1. The summed E-state index contributed by atoms with van der Waals surface area (Å²) in [6.45, 7) is 2.10. The molecule has 0 fully saturated rings. The van der Waals surface area contributed by atoms with E-state index in [9.17, 15) is 4.79 Å². The summed E-state index contributed by atoms with van der Waals surface area (Å²) in [5.74, 6) is -0.370. The van der Waals surface area contributed by atoms with E-state index in [1.54, 1.807) is 18.7 Å². The molecule has 0 aliphatic carbocycles. The standard InChI is InChI=1S/C22H19Cl2NO2S2/c1-2-27-22(26)18-14-11-17(12-7-3-5-9-15(12)23)28-19(20(14)29-21(18)25)13-8-4-6-10-16(13)24/h3-10,17,19H,2,11,25H2,1H3. The Morgan fingerprint density at radius 2 is 1.72 bits per heavy atom. The van der Waals surface area contributed by atoms with Crippen molar-refractivity contribution >= 4 is 57.3 Å². The fourth-order valence-electron chi connectivity index (χ4n) is 3.63. The maximum atomic E-state index is 12.7. The van der Waals surface area contributed by atoms with Gasteiger partial charge in [-0.1, -0.05) is 59.6 Å². The lowest BCUT2D eigenvalue weighted by atomic mass is 9.96. The molecule has 0 radical (unpaired) electrons. The summed E-state index contributed by atoms with van der Waals surface area (Å²) in [5, 5.41) is 1.93. The lowest BCUT2D eigenvalue weighted by Crippen LogP contribution is -2.16. The summed E-state index contributed by atoms with van der Waals surface area (Å²) in [7, 11) is 0. The number of nitrogens with two attached hydrogens (primary N) is 1. The Labute approximate surface area is 188 Å². The summed E-state index contributed by atoms with van der Waals surface area (Å²) in [5.41, 5.74) is 9.78. The number of thiophene rings is 1. The number of nitrogen functional groups attached to an aromatic ring is 1. The van der Waals surface area contributed by atoms with E-state index in [-0.39, 0.29) is 16.5 Å². The van der Waals surface area contributed by atoms with Crippen LogP contribution in [0.3, 0.4) is 0 Å². The van der Waals surface area contributed by atoms with Crippen molar-refractivity contribution in [2.24, 2.45) is 0 Å². The smallest absolute Gasteiger partial charge is 0.341 e. The van der Waals surface area contributed by atoms with Crippen molar-refractivity contribution in [3.8, 4) is 0 Å². The summed E-state index contributed by atoms with van der Waals surface area (Å²) >= 11 is 16.3. The normalized spacial score (nSPS) is 18.3. The Morgan fingerprint density at radius 3 is 2.34 bits per heavy atom. The Hall–Kier alpha value is -1.66. The molecule has 4 rings (SSSR count). The van der Waals surface area contributed by atoms with Gasteiger partial charge in [-0.3, -0.25) is 0 Å². The Kier molecular flexibility index (Phi) is 6.11. The molecule has 1 aromatic heterocycles. The number of benzene rings is 2. The van der Waals surface area contributed by atoms with Gasteiger partial charge < -0.3 is 10.5 Å². The molecule has 2 unspecified atom stereocenters. The number of esters is 1. The van der Waals surface area contributed by atoms with Gasteiger partial charge in [-0.05, 0) is 42.2 Å². The average molecular weight is 464 g/mol. The van der Waals surface area contributed by atoms with E-state index in [2.05, 4.69) is 0 Å². The molecule has 0 spiro atoms. The van der Waals surface area contributed by atoms with Gasteiger partial charge in [0, 0.05) is 20.2 Å². The molecule has 29 heavy (non-hydrogen) atoms. The van der Waals surface area contributed by atoms with Gasteiger partial charge in [0.1, 0.15) is 5.00 Å². The topological polar surface area (TPSA) is 52.3 Å². The second-order valence-electron chi connectivity index (χ2n) is 6.66. The van der Waals surface area contributed by atoms with E-state index < -0.39 is 0 Å². The van der Waals surface area contributed by atoms with Gasteiger partial charge in [0.2, 0.25) is 0 Å². The zero-order valence-corrected chi connectivity index (χ0v) is 18.8. The van der Waals surface area contributed by atoms with E-state index in [0.29, 0.717) is 33.6 Å². The molecule has 2 atom stereocenters. The zero-order valence-electron chi connectivity index (χ0n) is 15.7. The van der Waals surface area contributed by atoms with E-state index in [1.165, 1.54) is 11.3 Å². The van der Waals surface area contributed by atoms with Gasteiger partial charge in [0.25, 0.3) is 0 Å². The molecular weight excluding hydrogens is 445 g/mol. The highest BCUT2D eigenvalue weighted by Gasteiger charge is 2.37. The van der Waals surface area contributed by atoms with E-state index in [0.717, 1.165) is 21.6 Å². The van der Waals surface area contributed by atoms with Crippen LogP contribution in [-0.2, 0) is 11.2 Å². The van der Waals surface area contributed by atoms with Crippen LogP contribution in [0.5, 0.6) is 0 Å². The second-order valence-corrected chi connectivity index (χ2v) is 9.87. The highest BCUT2D eigenvalue weighted by Crippen LogP contribution is 2.57. The third-order valence-corrected chi connectivity index (χ3v) is 8.39. The van der Waals surface area contributed by atoms with Crippen LogP contribution in [0, 0.1) is 0 Å². The first-order valence-electron chi connectivity index (χ1n) is 9.23. The number of hydrogen-bond acceptors (Lipinski definition) is 5. The van der Waals surface area contributed by atoms with Crippen LogP contribution in [0.2, 0.25) is 10.0 Å². The van der Waals surface area contributed by atoms with Crippen LogP contribution in [0.25, 0.3) is 0 Å². The van der Waals surface area contributed by atoms with Crippen molar-refractivity contribution in [2.75, 3.05) is 12.3 Å². The molecule has 3 nitrogen and oxygen atoms in total. The predicted octanol–water partition coefficient (Wildman–Crippen LogP) is 6.93. The highest BCUT2D eigenvalue weighted by atomic mass is 35.5. The summed E-state index contributed by atoms with van der Waals surface area (Å²) in [4.78, 5) is 13.7. The molecule has 2 N–H and O–H groups in total. The van der Waals surface area contributed by atoms with Crippen molar-refractivity contribution in [2.45, 2.75) is 23.8 Å². The molecule has 0 saturated heterocycles. The minimum Gasteiger partial charge on any atom is -0.462 e. The molecule has 0 amide bonds. The summed E-state index contributed by atoms with van der Waals surface area (Å²) in [6, 6.07) is 15.6. The van der Waals surface area contributed by atoms with Gasteiger partial charge in [-0.25, -0.2) is 4.79 Å². The molecule has 1 aliphatic rings. The summed E-state index contributed by atoms with van der Waals surface area (Å²) in [6.07, 6.45) is 0.659. The fraction of sp³-hybridized carbons (Fsp3) is 0.227. The molecule has 7 heteroatoms. The largest absolute Gasteiger partial charge is 0.462 e. The van der Waals surface area contributed by atoms with E-state index in [1.807, 2.05) is 48.5 Å². The maximum Gasteiger partial charge on any atom is 0.341 e. The van der Waals surface area contributed by atoms with Crippen molar-refractivity contribution in [1.29, 1.82) is 0 Å². The molecule has 2 heterocycles. The lowest BCUT2D eigenvalue weighted by Gasteiger charge is -2.31. The Morgan fingerprint density at radius 1 is 1.10 bits per heavy atom. The van der Waals surface area contributed by atoms with Crippen molar-refractivity contribution < 1.29 is 9.53 Å². The first-order chi connectivity index (χ1) is 14.0. The first-order valence-corrected chi connectivity index (χ1v) is 11.7. The Bertz CT molecular complexity index is 1070. The average Bonchev–Trinajstić information content (AvgIpc) is 3.04. The number of hydrogen-bond donors (Lipinski definition) is 1. The number of carbonyl (C=O) groups excluding carboxylic acids is 1. The number of fused-ring (bicyclic) bond motifs is 1. The minimum absolute atomic E-state index is 0.0378. The third-order valence-electron chi connectivity index (χ3n) is 4.91. The van der Waals surface area contributed by atoms with Gasteiger partial charge >= 0.3 is 5.97 Å². The number of thioether (sulfide) groups is 1. The van der Waals surface area contributed by atoms with Crippen LogP contribution in [0.15, 0.2) is 48.5 Å². The third kappa shape index (κ3) is 3.89. The molecular formula is C22H19Cl2NO2S2. The van der Waals surface area contributed by atoms with Gasteiger partial charge in [0.05, 0.1) is 17.4 Å². The number of anilines is 1. The zero-order chi connectivity index (χ0) is 20.5. The predicted molar refractivity (Wildman–Crippen MR) is 123 cm³/mol. The number of ether oxygens (including phenoxy) is 1. The Balaban J connectivity index is 1.87. The monoisotopic (exact) mass is 463 g/mol. The molecule has 0 saturated carbocycles. The number of rotatable bonds is 4. The highest BCUT2D eigenvalue weighted by molar-refractivity contribution is 8.00. The van der Waals surface area contributed by atoms with E-state index >= 15 is 0 Å². The SMILES string of the molecule is CCOC(=O)c1c(N)sc2c1CC(c1ccccc1Cl)SC2c1ccccc1Cl. The van der Waals surface area contributed by atoms with Gasteiger partial charge in [-0.2, -0.15) is 0 Å². The second kappa shape index (κ2) is 8.60. The van der Waals surface area contributed by atoms with Crippen molar-refractivity contribution in [3.63, 3.8) is 0 Å². The molecule has 0 bridgehead atoms. The van der Waals surface area contributed by atoms with Gasteiger partial charge in [0.15, 0.2) is 0 Å². The van der Waals surface area contributed by atoms with Crippen molar-refractivity contribution in [3.05, 3.63) is 85.7 Å². The summed E-state index contributed by atoms with van der Waals surface area (Å²) < 4.78 is 5.29. The lowest BCUT2D eigenvalue weighted by molar-refractivity contribution is 0.0527. The maximum absolute atomic E-state index is 12.7. The molecule has 150 valence electrons. The van der Waals surface area contributed by atoms with Crippen LogP contribution >= 0.6 is 46.3 Å². The van der Waals surface area contributed by atoms with Crippen LogP contribution in [0.1, 0.15) is 49.3 Å². The van der Waals surface area contributed by atoms with Crippen molar-refractivity contribution in [1.82, 2.24) is 0 Å². The van der Waals surface area contributed by atoms with Crippen LogP contribution in [-0.4, -0.2) is 12.6 Å². The van der Waals surface area contributed by atoms with Gasteiger partial charge in [-0.15, -0.1) is 23.1 Å². The number of halogens is 2. The minimum atomic E-state index is -0.370. The van der Waals surface area contributed by atoms with E-state index in [4.69, 9.17) is 33.7 Å². The fourth-order valence-corrected chi connectivity index (χ4v) is 7.23. The molecule has 2 aromatic carbocycles. The van der Waals surface area contributed by atoms with Crippen LogP contribution in [0.4, 0.5) is 5.00 Å². The first kappa shape index (κ1) is 20.6. The quantitative estimate of drug-likeness (QED) is 0.425. The molecule has 1 aliphatic heterocycles.